The summed E-state index contributed by atoms with van der Waals surface area (Å²) in [4.78, 5) is 34.6. The van der Waals surface area contributed by atoms with Gasteiger partial charge in [0.2, 0.25) is 0 Å². The lowest BCUT2D eigenvalue weighted by Crippen LogP contribution is -2.45. The summed E-state index contributed by atoms with van der Waals surface area (Å²) in [5.41, 5.74) is 0. The van der Waals surface area contributed by atoms with Crippen molar-refractivity contribution in [2.75, 3.05) is 13.6 Å². The maximum atomic E-state index is 11.4. The molecule has 6 heteroatoms. The molecule has 0 bridgehead atoms. The highest BCUT2D eigenvalue weighted by Gasteiger charge is 2.35. The Balaban J connectivity index is 0.00000154. The number of carbonyl (C=O) groups is 3. The molecule has 19 heavy (non-hydrogen) atoms. The predicted octanol–water partition coefficient (Wildman–Crippen LogP) is 0.780. The van der Waals surface area contributed by atoms with Crippen LogP contribution in [0.1, 0.15) is 33.1 Å². The Kier molecular flexibility index (Phi) is 8.44. The summed E-state index contributed by atoms with van der Waals surface area (Å²) in [6.07, 6.45) is 3.95. The van der Waals surface area contributed by atoms with Gasteiger partial charge in [-0.1, -0.05) is 13.8 Å². The topological polar surface area (TPSA) is 86.7 Å². The molecule has 1 aliphatic rings. The number of carboxylic acids is 1. The summed E-state index contributed by atoms with van der Waals surface area (Å²) < 4.78 is 0. The largest absolute Gasteiger partial charge is 0.480 e. The molecule has 0 aromatic heterocycles. The van der Waals surface area contributed by atoms with E-state index in [1.807, 2.05) is 20.9 Å². The number of carbonyl (C=O) groups excluding carboxylic acids is 2. The monoisotopic (exact) mass is 270 g/mol. The van der Waals surface area contributed by atoms with E-state index in [9.17, 15) is 14.4 Å². The van der Waals surface area contributed by atoms with Crippen molar-refractivity contribution >= 4 is 17.8 Å². The zero-order chi connectivity index (χ0) is 14.8. The number of rotatable bonds is 7. The molecule has 1 rings (SSSR count). The van der Waals surface area contributed by atoms with Crippen LogP contribution < -0.4 is 5.32 Å². The van der Waals surface area contributed by atoms with Crippen molar-refractivity contribution in [3.63, 3.8) is 0 Å². The van der Waals surface area contributed by atoms with E-state index in [0.717, 1.165) is 30.0 Å². The fraction of sp³-hybridized carbons (Fsp3) is 0.615. The van der Waals surface area contributed by atoms with Gasteiger partial charge in [0.25, 0.3) is 11.8 Å². The summed E-state index contributed by atoms with van der Waals surface area (Å²) in [6, 6.07) is -1.05. The average Bonchev–Trinajstić information content (AvgIpc) is 2.72. The van der Waals surface area contributed by atoms with Gasteiger partial charge in [-0.25, -0.2) is 4.79 Å². The van der Waals surface area contributed by atoms with Gasteiger partial charge in [-0.3, -0.25) is 14.5 Å². The third-order valence-electron chi connectivity index (χ3n) is 2.59. The Bertz CT molecular complexity index is 335. The molecule has 6 nitrogen and oxygen atoms in total. The van der Waals surface area contributed by atoms with Gasteiger partial charge in [-0.15, -0.1) is 0 Å². The summed E-state index contributed by atoms with van der Waals surface area (Å²) in [7, 11) is 1.81. The SMILES string of the molecule is CC.CNCCCCC(C(=O)O)N1C(=O)C=CC1=O. The second-order valence-electron chi connectivity index (χ2n) is 3.83. The van der Waals surface area contributed by atoms with Crippen molar-refractivity contribution < 1.29 is 19.5 Å². The van der Waals surface area contributed by atoms with Crippen molar-refractivity contribution in [3.8, 4) is 0 Å². The molecule has 0 radical (unpaired) electrons. The van der Waals surface area contributed by atoms with Crippen LogP contribution in [0.3, 0.4) is 0 Å². The zero-order valence-corrected chi connectivity index (χ0v) is 11.7. The minimum Gasteiger partial charge on any atom is -0.480 e. The molecule has 108 valence electrons. The molecule has 0 saturated heterocycles. The molecule has 0 fully saturated rings. The van der Waals surface area contributed by atoms with Gasteiger partial charge >= 0.3 is 5.97 Å². The lowest BCUT2D eigenvalue weighted by atomic mass is 10.1. The van der Waals surface area contributed by atoms with Crippen LogP contribution in [-0.2, 0) is 14.4 Å². The van der Waals surface area contributed by atoms with E-state index in [1.165, 1.54) is 0 Å². The number of aliphatic carboxylic acids is 1. The molecule has 0 aromatic rings. The standard InChI is InChI=1S/C11H16N2O4.C2H6/c1-12-7-3-2-4-8(11(16)17)13-9(14)5-6-10(13)15;1-2/h5-6,8,12H,2-4,7H2,1H3,(H,16,17);1-2H3. The molecular formula is C13H22N2O4. The molecule has 0 spiro atoms. The van der Waals surface area contributed by atoms with Gasteiger partial charge in [0.15, 0.2) is 0 Å². The van der Waals surface area contributed by atoms with Crippen LogP contribution >= 0.6 is 0 Å². The van der Waals surface area contributed by atoms with Gasteiger partial charge < -0.3 is 10.4 Å². The quantitative estimate of drug-likeness (QED) is 0.527. The van der Waals surface area contributed by atoms with Gasteiger partial charge in [0, 0.05) is 12.2 Å². The van der Waals surface area contributed by atoms with Crippen molar-refractivity contribution in [2.24, 2.45) is 0 Å². The van der Waals surface area contributed by atoms with E-state index >= 15 is 0 Å². The number of imide groups is 1. The highest BCUT2D eigenvalue weighted by Crippen LogP contribution is 2.14. The summed E-state index contributed by atoms with van der Waals surface area (Å²) in [5, 5.41) is 12.0. The van der Waals surface area contributed by atoms with E-state index in [0.29, 0.717) is 6.42 Å². The number of amides is 2. The number of nitrogens with one attached hydrogen (secondary N) is 1. The van der Waals surface area contributed by atoms with E-state index < -0.39 is 23.8 Å². The van der Waals surface area contributed by atoms with E-state index in [4.69, 9.17) is 5.11 Å². The Morgan fingerprint density at radius 1 is 1.26 bits per heavy atom. The molecule has 1 unspecified atom stereocenters. The van der Waals surface area contributed by atoms with Crippen molar-refractivity contribution in [3.05, 3.63) is 12.2 Å². The first kappa shape index (κ1) is 17.3. The molecule has 1 atom stereocenters. The fourth-order valence-electron chi connectivity index (χ4n) is 1.72. The number of hydrogen-bond donors (Lipinski definition) is 2. The highest BCUT2D eigenvalue weighted by molar-refractivity contribution is 6.14. The summed E-state index contributed by atoms with van der Waals surface area (Å²) >= 11 is 0. The van der Waals surface area contributed by atoms with Gasteiger partial charge in [-0.05, 0) is 32.9 Å². The van der Waals surface area contributed by atoms with Gasteiger partial charge in [-0.2, -0.15) is 0 Å². The maximum absolute atomic E-state index is 11.4. The van der Waals surface area contributed by atoms with Gasteiger partial charge in [0.1, 0.15) is 6.04 Å². The lowest BCUT2D eigenvalue weighted by molar-refractivity contribution is -0.153. The van der Waals surface area contributed by atoms with Crippen LogP contribution in [0.2, 0.25) is 0 Å². The minimum absolute atomic E-state index is 0.288. The Morgan fingerprint density at radius 2 is 1.79 bits per heavy atom. The molecule has 1 heterocycles. The molecule has 0 aliphatic carbocycles. The van der Waals surface area contributed by atoms with Crippen LogP contribution in [0.15, 0.2) is 12.2 Å². The first-order chi connectivity index (χ1) is 9.07. The first-order valence-corrected chi connectivity index (χ1v) is 6.50. The molecular weight excluding hydrogens is 248 g/mol. The summed E-state index contributed by atoms with van der Waals surface area (Å²) in [6.45, 7) is 4.78. The normalized spacial score (nSPS) is 15.2. The summed E-state index contributed by atoms with van der Waals surface area (Å²) in [5.74, 6) is -2.23. The number of unbranched alkanes of at least 4 members (excludes halogenated alkanes) is 1. The molecule has 1 aliphatic heterocycles. The average molecular weight is 270 g/mol. The smallest absolute Gasteiger partial charge is 0.326 e. The van der Waals surface area contributed by atoms with Crippen molar-refractivity contribution in [2.45, 2.75) is 39.2 Å². The fourth-order valence-corrected chi connectivity index (χ4v) is 1.72. The number of carboxylic acid groups (broad SMARTS) is 1. The van der Waals surface area contributed by atoms with Crippen LogP contribution in [0.5, 0.6) is 0 Å². The van der Waals surface area contributed by atoms with Crippen LogP contribution in [-0.4, -0.2) is 47.4 Å². The van der Waals surface area contributed by atoms with Crippen LogP contribution in [0.25, 0.3) is 0 Å². The van der Waals surface area contributed by atoms with Crippen molar-refractivity contribution in [1.29, 1.82) is 0 Å². The molecule has 0 saturated carbocycles. The third kappa shape index (κ3) is 5.21. The van der Waals surface area contributed by atoms with E-state index in [1.54, 1.807) is 0 Å². The third-order valence-corrected chi connectivity index (χ3v) is 2.59. The predicted molar refractivity (Wildman–Crippen MR) is 71.5 cm³/mol. The van der Waals surface area contributed by atoms with Crippen molar-refractivity contribution in [1.82, 2.24) is 10.2 Å². The first-order valence-electron chi connectivity index (χ1n) is 6.50. The van der Waals surface area contributed by atoms with Crippen LogP contribution in [0, 0.1) is 0 Å². The molecule has 2 amide bonds. The number of hydrogen-bond acceptors (Lipinski definition) is 4. The second kappa shape index (κ2) is 9.27. The second-order valence-corrected chi connectivity index (χ2v) is 3.83. The van der Waals surface area contributed by atoms with E-state index in [-0.39, 0.29) is 6.42 Å². The minimum atomic E-state index is -1.14. The highest BCUT2D eigenvalue weighted by atomic mass is 16.4. The lowest BCUT2D eigenvalue weighted by Gasteiger charge is -2.22. The van der Waals surface area contributed by atoms with E-state index in [2.05, 4.69) is 5.32 Å². The Labute approximate surface area is 113 Å². The zero-order valence-electron chi connectivity index (χ0n) is 11.7. The maximum Gasteiger partial charge on any atom is 0.326 e. The Morgan fingerprint density at radius 3 is 2.21 bits per heavy atom. The Hall–Kier alpha value is -1.69. The molecule has 2 N–H and O–H groups in total. The van der Waals surface area contributed by atoms with Crippen LogP contribution in [0.4, 0.5) is 0 Å². The van der Waals surface area contributed by atoms with Gasteiger partial charge in [0.05, 0.1) is 0 Å². The molecule has 0 aromatic carbocycles. The number of nitrogens with zero attached hydrogens (tertiary/aromatic N) is 1.